The maximum Gasteiger partial charge on any atom is 0.231 e. The molecule has 8 heteroatoms. The lowest BCUT2D eigenvalue weighted by atomic mass is 9.99. The molecule has 2 aromatic heterocycles. The Morgan fingerprint density at radius 1 is 1.17 bits per heavy atom. The molecule has 1 N–H and O–H groups in total. The second-order valence-electron chi connectivity index (χ2n) is 7.03. The lowest BCUT2D eigenvalue weighted by Crippen LogP contribution is -2.08. The first-order valence-electron chi connectivity index (χ1n) is 9.47. The van der Waals surface area contributed by atoms with Crippen molar-refractivity contribution in [1.82, 2.24) is 19.7 Å². The molecule has 0 radical (unpaired) electrons. The Bertz CT molecular complexity index is 1290. The highest BCUT2D eigenvalue weighted by molar-refractivity contribution is 8.00. The van der Waals surface area contributed by atoms with Crippen molar-refractivity contribution in [3.05, 3.63) is 72.2 Å². The number of para-hydroxylation sites is 1. The fourth-order valence-corrected chi connectivity index (χ4v) is 4.36. The average Bonchev–Trinajstić information content (AvgIpc) is 3.34. The maximum atomic E-state index is 12.8. The zero-order chi connectivity index (χ0) is 20.7. The van der Waals surface area contributed by atoms with Crippen LogP contribution >= 0.6 is 11.8 Å². The average molecular weight is 415 g/mol. The van der Waals surface area contributed by atoms with Crippen molar-refractivity contribution in [2.75, 3.05) is 11.1 Å². The van der Waals surface area contributed by atoms with Crippen molar-refractivity contribution < 1.29 is 9.59 Å². The minimum absolute atomic E-state index is 0.0171. The molecule has 1 atom stereocenters. The van der Waals surface area contributed by atoms with E-state index in [4.69, 9.17) is 0 Å². The Balaban J connectivity index is 1.38. The lowest BCUT2D eigenvalue weighted by molar-refractivity contribution is -0.116. The minimum Gasteiger partial charge on any atom is -0.325 e. The van der Waals surface area contributed by atoms with Crippen LogP contribution in [0.15, 0.2) is 66.1 Å². The Hall–Kier alpha value is -3.52. The molecule has 1 aliphatic heterocycles. The van der Waals surface area contributed by atoms with Gasteiger partial charge in [-0.1, -0.05) is 30.0 Å². The highest BCUT2D eigenvalue weighted by Crippen LogP contribution is 2.33. The first-order valence-corrected chi connectivity index (χ1v) is 10.5. The standard InChI is InChI=1S/C22H17N5O2S/c1-13-16-9-14(7-8-18(16)26-21(13)29)19(28)11-30-22-17-10-25-27(20(17)23-12-24-22)15-5-3-2-4-6-15/h2-10,12-13H,11H2,1H3,(H,26,29)/t13-/m1/s1. The normalized spacial score (nSPS) is 15.2. The molecule has 0 unspecified atom stereocenters. The summed E-state index contributed by atoms with van der Waals surface area (Å²) < 4.78 is 1.76. The number of nitrogens with zero attached hydrogens (tertiary/aromatic N) is 4. The van der Waals surface area contributed by atoms with Crippen LogP contribution in [-0.2, 0) is 4.79 Å². The van der Waals surface area contributed by atoms with Crippen molar-refractivity contribution in [3.8, 4) is 5.69 Å². The van der Waals surface area contributed by atoms with Gasteiger partial charge in [-0.2, -0.15) is 5.10 Å². The summed E-state index contributed by atoms with van der Waals surface area (Å²) >= 11 is 1.36. The molecule has 0 saturated carbocycles. The van der Waals surface area contributed by atoms with Crippen LogP contribution in [0.2, 0.25) is 0 Å². The van der Waals surface area contributed by atoms with Gasteiger partial charge in [-0.15, -0.1) is 0 Å². The van der Waals surface area contributed by atoms with Crippen LogP contribution in [0.3, 0.4) is 0 Å². The molecule has 5 rings (SSSR count). The van der Waals surface area contributed by atoms with Crippen LogP contribution in [0, 0.1) is 0 Å². The van der Waals surface area contributed by atoms with Crippen LogP contribution in [0.5, 0.6) is 0 Å². The summed E-state index contributed by atoms with van der Waals surface area (Å²) in [5.74, 6) is -0.0676. The van der Waals surface area contributed by atoms with Crippen LogP contribution in [-0.4, -0.2) is 37.2 Å². The first-order chi connectivity index (χ1) is 14.6. The Morgan fingerprint density at radius 3 is 2.83 bits per heavy atom. The van der Waals surface area contributed by atoms with Crippen LogP contribution in [0.4, 0.5) is 5.69 Å². The van der Waals surface area contributed by atoms with E-state index in [1.165, 1.54) is 18.1 Å². The number of hydrogen-bond donors (Lipinski definition) is 1. The summed E-state index contributed by atoms with van der Waals surface area (Å²) in [5.41, 5.74) is 3.84. The van der Waals surface area contributed by atoms with Gasteiger partial charge in [-0.3, -0.25) is 9.59 Å². The fraction of sp³-hybridized carbons (Fsp3) is 0.136. The molecule has 148 valence electrons. The monoisotopic (exact) mass is 415 g/mol. The lowest BCUT2D eigenvalue weighted by Gasteiger charge is -2.06. The van der Waals surface area contributed by atoms with E-state index < -0.39 is 0 Å². The quantitative estimate of drug-likeness (QED) is 0.303. The van der Waals surface area contributed by atoms with Gasteiger partial charge in [0.15, 0.2) is 11.4 Å². The van der Waals surface area contributed by atoms with Crippen molar-refractivity contribution in [3.63, 3.8) is 0 Å². The molecule has 0 spiro atoms. The number of benzene rings is 2. The summed E-state index contributed by atoms with van der Waals surface area (Å²) in [6.45, 7) is 1.84. The van der Waals surface area contributed by atoms with E-state index in [9.17, 15) is 9.59 Å². The van der Waals surface area contributed by atoms with Gasteiger partial charge in [-0.05, 0) is 42.8 Å². The van der Waals surface area contributed by atoms with Crippen molar-refractivity contribution in [2.24, 2.45) is 0 Å². The number of fused-ring (bicyclic) bond motifs is 2. The Morgan fingerprint density at radius 2 is 2.00 bits per heavy atom. The van der Waals surface area contributed by atoms with Gasteiger partial charge in [0.25, 0.3) is 0 Å². The van der Waals surface area contributed by atoms with E-state index in [1.807, 2.05) is 43.3 Å². The molecule has 0 fully saturated rings. The number of Topliss-reactive ketones (excluding diaryl/α,β-unsaturated/α-hetero) is 1. The third kappa shape index (κ3) is 3.15. The molecule has 30 heavy (non-hydrogen) atoms. The fourth-order valence-electron chi connectivity index (χ4n) is 3.50. The Labute approximate surface area is 176 Å². The summed E-state index contributed by atoms with van der Waals surface area (Å²) in [7, 11) is 0. The van der Waals surface area contributed by atoms with Gasteiger partial charge in [0, 0.05) is 11.3 Å². The van der Waals surface area contributed by atoms with Crippen molar-refractivity contribution in [2.45, 2.75) is 17.9 Å². The third-order valence-corrected chi connectivity index (χ3v) is 6.17. The van der Waals surface area contributed by atoms with E-state index in [0.29, 0.717) is 16.2 Å². The van der Waals surface area contributed by atoms with Gasteiger partial charge in [0.2, 0.25) is 5.91 Å². The van der Waals surface area contributed by atoms with Crippen LogP contribution < -0.4 is 5.32 Å². The Kier molecular flexibility index (Phi) is 4.55. The number of amides is 1. The molecule has 7 nitrogen and oxygen atoms in total. The molecule has 2 aromatic carbocycles. The number of ketones is 1. The van der Waals surface area contributed by atoms with E-state index in [2.05, 4.69) is 20.4 Å². The van der Waals surface area contributed by atoms with Gasteiger partial charge in [0.1, 0.15) is 11.4 Å². The first kappa shape index (κ1) is 18.5. The topological polar surface area (TPSA) is 89.8 Å². The molecule has 0 saturated heterocycles. The van der Waals surface area contributed by atoms with E-state index >= 15 is 0 Å². The number of anilines is 1. The molecule has 4 aromatic rings. The number of hydrogen-bond acceptors (Lipinski definition) is 6. The molecular formula is C22H17N5O2S. The van der Waals surface area contributed by atoms with Gasteiger partial charge in [0.05, 0.1) is 28.9 Å². The van der Waals surface area contributed by atoms with E-state index in [1.54, 1.807) is 23.0 Å². The summed E-state index contributed by atoms with van der Waals surface area (Å²) in [4.78, 5) is 33.3. The molecule has 1 amide bonds. The van der Waals surface area contributed by atoms with Crippen LogP contribution in [0.1, 0.15) is 28.8 Å². The maximum absolute atomic E-state index is 12.8. The van der Waals surface area contributed by atoms with Gasteiger partial charge < -0.3 is 5.32 Å². The molecule has 1 aliphatic rings. The summed E-state index contributed by atoms with van der Waals surface area (Å²) in [6, 6.07) is 15.1. The number of rotatable bonds is 5. The van der Waals surface area contributed by atoms with E-state index in [0.717, 1.165) is 22.3 Å². The molecular weight excluding hydrogens is 398 g/mol. The summed E-state index contributed by atoms with van der Waals surface area (Å²) in [5, 5.41) is 8.78. The number of carbonyl (C=O) groups excluding carboxylic acids is 2. The summed E-state index contributed by atoms with van der Waals surface area (Å²) in [6.07, 6.45) is 3.22. The highest BCUT2D eigenvalue weighted by atomic mass is 32.2. The predicted molar refractivity (Wildman–Crippen MR) is 115 cm³/mol. The molecule has 0 bridgehead atoms. The zero-order valence-corrected chi connectivity index (χ0v) is 16.9. The van der Waals surface area contributed by atoms with Crippen LogP contribution in [0.25, 0.3) is 16.7 Å². The number of aromatic nitrogens is 4. The van der Waals surface area contributed by atoms with Crippen molar-refractivity contribution >= 4 is 40.2 Å². The number of carbonyl (C=O) groups is 2. The minimum atomic E-state index is -0.245. The van der Waals surface area contributed by atoms with Crippen molar-refractivity contribution in [1.29, 1.82) is 0 Å². The predicted octanol–water partition coefficient (Wildman–Crippen LogP) is 3.85. The second-order valence-corrected chi connectivity index (χ2v) is 8.00. The molecule has 3 heterocycles. The highest BCUT2D eigenvalue weighted by Gasteiger charge is 2.27. The second kappa shape index (κ2) is 7.38. The third-order valence-electron chi connectivity index (χ3n) is 5.16. The number of thioether (sulfide) groups is 1. The smallest absolute Gasteiger partial charge is 0.231 e. The SMILES string of the molecule is C[C@H]1C(=O)Nc2ccc(C(=O)CSc3ncnc4c3cnn4-c3ccccc3)cc21. The van der Waals surface area contributed by atoms with Gasteiger partial charge in [-0.25, -0.2) is 14.6 Å². The largest absolute Gasteiger partial charge is 0.325 e. The number of nitrogens with one attached hydrogen (secondary N) is 1. The molecule has 0 aliphatic carbocycles. The van der Waals surface area contributed by atoms with E-state index in [-0.39, 0.29) is 23.4 Å². The van der Waals surface area contributed by atoms with Gasteiger partial charge >= 0.3 is 0 Å². The zero-order valence-electron chi connectivity index (χ0n) is 16.1.